The summed E-state index contributed by atoms with van der Waals surface area (Å²) in [5, 5.41) is 29.0. The number of nitrogens with zero attached hydrogens (tertiary/aromatic N) is 2. The minimum Gasteiger partial charge on any atom is -1.00 e. The van der Waals surface area contributed by atoms with E-state index >= 15 is 4.39 Å². The second-order valence-electron chi connectivity index (χ2n) is 10.3. The number of quaternary nitrogens is 1. The summed E-state index contributed by atoms with van der Waals surface area (Å²) < 4.78 is 22.8. The van der Waals surface area contributed by atoms with E-state index in [1.807, 2.05) is 4.90 Å². The van der Waals surface area contributed by atoms with Crippen molar-refractivity contribution in [2.75, 3.05) is 31.6 Å². The zero-order valence-corrected chi connectivity index (χ0v) is 22.6. The maximum Gasteiger partial charge on any atom is 0.341 e. The van der Waals surface area contributed by atoms with Crippen LogP contribution in [0.2, 0.25) is 0 Å². The van der Waals surface area contributed by atoms with Crippen molar-refractivity contribution in [1.29, 1.82) is 0 Å². The number of phenols is 1. The molecule has 12 heteroatoms. The molecule has 5 N–H and O–H groups in total. The Morgan fingerprint density at radius 1 is 1.07 bits per heavy atom. The van der Waals surface area contributed by atoms with Crippen molar-refractivity contribution in [2.24, 2.45) is 5.92 Å². The van der Waals surface area contributed by atoms with Crippen molar-refractivity contribution in [3.8, 4) is 11.5 Å². The van der Waals surface area contributed by atoms with E-state index in [9.17, 15) is 19.5 Å². The molecule has 2 aliphatic heterocycles. The number of benzene rings is 2. The van der Waals surface area contributed by atoms with Crippen LogP contribution in [0.4, 0.5) is 10.1 Å². The lowest BCUT2D eigenvalue weighted by Gasteiger charge is -2.24. The normalized spacial score (nSPS) is 19.7. The first-order valence-electron chi connectivity index (χ1n) is 13.0. The first-order valence-corrected chi connectivity index (χ1v) is 13.0. The van der Waals surface area contributed by atoms with Crippen molar-refractivity contribution >= 4 is 28.5 Å². The maximum atomic E-state index is 15.3. The third-order valence-electron chi connectivity index (χ3n) is 7.74. The first kappa shape index (κ1) is 29.2. The van der Waals surface area contributed by atoms with Crippen LogP contribution in [0, 0.1) is 11.7 Å². The monoisotopic (exact) mass is 575 g/mol. The number of hydrogen-bond acceptors (Lipinski definition) is 6. The lowest BCUT2D eigenvalue weighted by molar-refractivity contribution is -0.699. The van der Waals surface area contributed by atoms with E-state index in [1.165, 1.54) is 50.1 Å². The number of carboxylic acid groups (broad SMARTS) is 2. The van der Waals surface area contributed by atoms with E-state index in [0.29, 0.717) is 28.9 Å². The summed E-state index contributed by atoms with van der Waals surface area (Å²) in [6.45, 7) is 2.61. The zero-order valence-electron chi connectivity index (χ0n) is 21.8. The van der Waals surface area contributed by atoms with Gasteiger partial charge in [-0.3, -0.25) is 4.79 Å². The van der Waals surface area contributed by atoms with E-state index in [-0.39, 0.29) is 40.7 Å². The van der Waals surface area contributed by atoms with E-state index in [4.69, 9.17) is 14.9 Å². The number of phenolic OH excluding ortho intramolecular Hbond substituents is 1. The van der Waals surface area contributed by atoms with Crippen LogP contribution in [-0.4, -0.2) is 64.6 Å². The van der Waals surface area contributed by atoms with Crippen LogP contribution in [0.3, 0.4) is 0 Å². The number of aromatic hydroxyl groups is 1. The van der Waals surface area contributed by atoms with Crippen LogP contribution in [-0.2, 0) is 0 Å². The number of rotatable bonds is 5. The quantitative estimate of drug-likeness (QED) is 0.317. The van der Waals surface area contributed by atoms with Gasteiger partial charge in [0.05, 0.1) is 36.7 Å². The lowest BCUT2D eigenvalue weighted by atomic mass is 9.94. The number of carbonyl (C=O) groups is 2. The third-order valence-corrected chi connectivity index (χ3v) is 7.74. The summed E-state index contributed by atoms with van der Waals surface area (Å²) in [4.78, 5) is 36.6. The highest BCUT2D eigenvalue weighted by molar-refractivity contribution is 5.97. The van der Waals surface area contributed by atoms with Gasteiger partial charge in [0.15, 0.2) is 11.6 Å². The Bertz CT molecular complexity index is 1480. The number of aromatic nitrogens is 1. The molecule has 0 radical (unpaired) electrons. The molecule has 3 heterocycles. The van der Waals surface area contributed by atoms with Crippen molar-refractivity contribution in [3.63, 3.8) is 0 Å². The molecule has 3 fully saturated rings. The number of aromatic carboxylic acids is 2. The molecule has 0 bridgehead atoms. The smallest absolute Gasteiger partial charge is 0.341 e. The minimum atomic E-state index is -1.30. The van der Waals surface area contributed by atoms with Crippen molar-refractivity contribution in [1.82, 2.24) is 4.57 Å². The van der Waals surface area contributed by atoms with Crippen LogP contribution in [0.25, 0.3) is 10.9 Å². The fraction of sp³-hybridized carbons (Fsp3) is 0.393. The number of pyridine rings is 1. The van der Waals surface area contributed by atoms with Crippen molar-refractivity contribution in [3.05, 3.63) is 63.7 Å². The van der Waals surface area contributed by atoms with Gasteiger partial charge in [0.25, 0.3) is 0 Å². The van der Waals surface area contributed by atoms with Crippen LogP contribution in [0.5, 0.6) is 11.5 Å². The van der Waals surface area contributed by atoms with Crippen LogP contribution in [0.15, 0.2) is 41.3 Å². The Kier molecular flexibility index (Phi) is 8.55. The molecule has 0 amide bonds. The van der Waals surface area contributed by atoms with Gasteiger partial charge in [0.1, 0.15) is 23.0 Å². The van der Waals surface area contributed by atoms with Gasteiger partial charge in [0.2, 0.25) is 5.43 Å². The Labute approximate surface area is 235 Å². The third kappa shape index (κ3) is 5.57. The van der Waals surface area contributed by atoms with E-state index in [0.717, 1.165) is 38.9 Å². The van der Waals surface area contributed by atoms with Crippen molar-refractivity contribution < 1.29 is 51.8 Å². The maximum absolute atomic E-state index is 15.3. The molecular formula is C28H31ClFN3O7. The second kappa shape index (κ2) is 11.7. The number of piperidine rings is 1. The summed E-state index contributed by atoms with van der Waals surface area (Å²) in [5.74, 6) is -1.89. The summed E-state index contributed by atoms with van der Waals surface area (Å²) in [7, 11) is 1.49. The fourth-order valence-corrected chi connectivity index (χ4v) is 5.69. The number of nitrogens with two attached hydrogens (primary N) is 1. The first-order chi connectivity index (χ1) is 18.7. The highest BCUT2D eigenvalue weighted by Crippen LogP contribution is 2.44. The van der Waals surface area contributed by atoms with Gasteiger partial charge in [-0.2, -0.15) is 0 Å². The average molecular weight is 576 g/mol. The largest absolute Gasteiger partial charge is 1.00 e. The molecule has 40 heavy (non-hydrogen) atoms. The van der Waals surface area contributed by atoms with Crippen LogP contribution < -0.4 is 32.8 Å². The van der Waals surface area contributed by atoms with Crippen molar-refractivity contribution in [2.45, 2.75) is 37.8 Å². The highest BCUT2D eigenvalue weighted by atomic mass is 35.5. The molecule has 1 saturated carbocycles. The Morgan fingerprint density at radius 2 is 1.77 bits per heavy atom. The number of ether oxygens (including phenoxy) is 1. The number of methoxy groups -OCH3 is 1. The highest BCUT2D eigenvalue weighted by Gasteiger charge is 2.40. The zero-order chi connectivity index (χ0) is 27.8. The molecule has 3 aliphatic rings. The average Bonchev–Trinajstić information content (AvgIpc) is 3.67. The number of fused-ring (bicyclic) bond motifs is 2. The summed E-state index contributed by atoms with van der Waals surface area (Å²) in [6.07, 6.45) is 5.51. The fourth-order valence-electron chi connectivity index (χ4n) is 5.69. The Hall–Kier alpha value is -3.83. The predicted molar refractivity (Wildman–Crippen MR) is 141 cm³/mol. The molecule has 214 valence electrons. The van der Waals surface area contributed by atoms with Gasteiger partial charge >= 0.3 is 11.9 Å². The number of halogens is 2. The molecule has 10 nitrogen and oxygen atoms in total. The van der Waals surface area contributed by atoms with E-state index in [1.54, 1.807) is 4.57 Å². The van der Waals surface area contributed by atoms with E-state index < -0.39 is 23.2 Å². The molecule has 2 atom stereocenters. The van der Waals surface area contributed by atoms with Gasteiger partial charge in [-0.1, -0.05) is 0 Å². The van der Waals surface area contributed by atoms with E-state index in [2.05, 4.69) is 5.32 Å². The standard InChI is InChI=1S/C21H24FN3O4.C7H6O3.ClH/c1-29-20-17-13(19(26)14(21(27)28)9-25(17)12-4-5-12)7-15(22)18(20)24-8-11-3-2-6-23-16(11)10-24;8-6-3-1-5(2-4-6)7(9)10;/h7,9,11-12,16,23H,2-6,8,10H2,1H3,(H,27,28);1-4,8H,(H,9,10);1H/t11-,16+;;/m0../s1. The Balaban J connectivity index is 0.000000287. The summed E-state index contributed by atoms with van der Waals surface area (Å²) >= 11 is 0. The molecular weight excluding hydrogens is 545 g/mol. The molecule has 0 unspecified atom stereocenters. The summed E-state index contributed by atoms with van der Waals surface area (Å²) in [5.41, 5.74) is 0.0645. The SMILES string of the molecule is COc1c(N2C[C@@H]3CCC[NH2+][C@@H]3C2)c(F)cc2c(=O)c(C(=O)O)cn(C3CC3)c12.O=C(O)c1ccc(O)cc1.[Cl-]. The molecule has 6 rings (SSSR count). The van der Waals surface area contributed by atoms with Gasteiger partial charge in [-0.25, -0.2) is 14.0 Å². The molecule has 3 aromatic rings. The molecule has 0 spiro atoms. The number of hydrogen-bond donors (Lipinski definition) is 4. The number of carboxylic acids is 2. The van der Waals surface area contributed by atoms with Gasteiger partial charge in [-0.05, 0) is 56.0 Å². The molecule has 1 aliphatic carbocycles. The predicted octanol–water partition coefficient (Wildman–Crippen LogP) is -0.561. The summed E-state index contributed by atoms with van der Waals surface area (Å²) in [6, 6.07) is 7.12. The molecule has 1 aromatic heterocycles. The minimum absolute atomic E-state index is 0. The topological polar surface area (TPSA) is 146 Å². The molecule has 2 saturated heterocycles. The van der Waals surface area contributed by atoms with Gasteiger partial charge in [-0.15, -0.1) is 0 Å². The van der Waals surface area contributed by atoms with Crippen LogP contribution in [0.1, 0.15) is 52.4 Å². The number of anilines is 1. The molecule has 2 aromatic carbocycles. The Morgan fingerprint density at radius 3 is 2.35 bits per heavy atom. The van der Waals surface area contributed by atoms with Gasteiger partial charge < -0.3 is 47.2 Å². The van der Waals surface area contributed by atoms with Crippen LogP contribution >= 0.6 is 0 Å². The second-order valence-corrected chi connectivity index (χ2v) is 10.3. The lowest BCUT2D eigenvalue weighted by Crippen LogP contribution is -3.00. The van der Waals surface area contributed by atoms with Gasteiger partial charge in [0, 0.05) is 24.7 Å².